The lowest BCUT2D eigenvalue weighted by Gasteiger charge is -2.37. The van der Waals surface area contributed by atoms with Gasteiger partial charge in [0.05, 0.1) is 21.1 Å². The lowest BCUT2D eigenvalue weighted by atomic mass is 9.85. The van der Waals surface area contributed by atoms with Crippen LogP contribution in [0.25, 0.3) is 10.6 Å². The highest BCUT2D eigenvalue weighted by Crippen LogP contribution is 2.40. The number of nitrogens with one attached hydrogen (secondary N) is 1. The molecular formula is C20H20N4O3S2. The maximum Gasteiger partial charge on any atom is 0.284 e. The van der Waals surface area contributed by atoms with Crippen molar-refractivity contribution in [1.29, 1.82) is 0 Å². The minimum atomic E-state index is -0.534. The van der Waals surface area contributed by atoms with Crippen molar-refractivity contribution in [3.8, 4) is 10.6 Å². The second kappa shape index (κ2) is 7.33. The maximum atomic E-state index is 13.2. The van der Waals surface area contributed by atoms with Crippen LogP contribution in [0.4, 0.5) is 0 Å². The molecule has 0 saturated carbocycles. The molecule has 0 atom stereocenters. The Morgan fingerprint density at radius 3 is 2.76 bits per heavy atom. The number of thiazole rings is 1. The molecule has 1 aliphatic rings. The van der Waals surface area contributed by atoms with Gasteiger partial charge in [-0.2, -0.15) is 0 Å². The van der Waals surface area contributed by atoms with Gasteiger partial charge in [-0.25, -0.2) is 10.5 Å². The predicted octanol–water partition coefficient (Wildman–Crippen LogP) is 3.63. The minimum absolute atomic E-state index is 0.127. The molecule has 0 bridgehead atoms. The third-order valence-electron chi connectivity index (χ3n) is 4.86. The van der Waals surface area contributed by atoms with Crippen molar-refractivity contribution in [2.75, 3.05) is 6.54 Å². The fourth-order valence-corrected chi connectivity index (χ4v) is 5.76. The Hall–Kier alpha value is -2.62. The standard InChI is InChI=1S/C20H20N4O3S2/c1-11-15(13-6-4-5-7-21-13)29-18(22-11)19(26)24-9-12-8-14(17(25)23-27)28-16(12)20(2,3)10-24/h4-8,27H,9-10H2,1-3H3,(H,23,25). The Bertz CT molecular complexity index is 1090. The number of carbonyl (C=O) groups is 2. The number of aryl methyl sites for hydroxylation is 1. The first-order valence-electron chi connectivity index (χ1n) is 9.06. The van der Waals surface area contributed by atoms with Crippen molar-refractivity contribution < 1.29 is 14.8 Å². The highest BCUT2D eigenvalue weighted by atomic mass is 32.1. The van der Waals surface area contributed by atoms with Gasteiger partial charge in [-0.05, 0) is 30.7 Å². The molecule has 2 amide bonds. The van der Waals surface area contributed by atoms with Crippen molar-refractivity contribution >= 4 is 34.5 Å². The molecule has 0 unspecified atom stereocenters. The van der Waals surface area contributed by atoms with E-state index >= 15 is 0 Å². The maximum absolute atomic E-state index is 13.2. The Kier molecular flexibility index (Phi) is 4.97. The number of hydrogen-bond donors (Lipinski definition) is 2. The molecule has 2 N–H and O–H groups in total. The smallest absolute Gasteiger partial charge is 0.284 e. The topological polar surface area (TPSA) is 95.4 Å². The number of hydroxylamine groups is 1. The number of nitrogens with zero attached hydrogens (tertiary/aromatic N) is 3. The van der Waals surface area contributed by atoms with Crippen LogP contribution in [0.3, 0.4) is 0 Å². The molecule has 150 valence electrons. The second-order valence-electron chi connectivity index (χ2n) is 7.60. The zero-order valence-electron chi connectivity index (χ0n) is 16.2. The summed E-state index contributed by atoms with van der Waals surface area (Å²) in [6.07, 6.45) is 1.72. The Balaban J connectivity index is 1.64. The third kappa shape index (κ3) is 3.57. The van der Waals surface area contributed by atoms with Gasteiger partial charge < -0.3 is 4.90 Å². The molecule has 0 spiro atoms. The van der Waals surface area contributed by atoms with E-state index in [9.17, 15) is 9.59 Å². The molecule has 1 aliphatic heterocycles. The summed E-state index contributed by atoms with van der Waals surface area (Å²) in [5, 5.41) is 9.36. The first-order chi connectivity index (χ1) is 13.8. The van der Waals surface area contributed by atoms with Crippen LogP contribution in [-0.4, -0.2) is 38.4 Å². The summed E-state index contributed by atoms with van der Waals surface area (Å²) in [4.78, 5) is 38.1. The van der Waals surface area contributed by atoms with Gasteiger partial charge in [-0.15, -0.1) is 22.7 Å². The van der Waals surface area contributed by atoms with Crippen LogP contribution < -0.4 is 5.48 Å². The summed E-state index contributed by atoms with van der Waals surface area (Å²) in [5.41, 5.74) is 3.89. The lowest BCUT2D eigenvalue weighted by Crippen LogP contribution is -2.44. The second-order valence-corrected chi connectivity index (χ2v) is 9.65. The Morgan fingerprint density at radius 2 is 2.07 bits per heavy atom. The van der Waals surface area contributed by atoms with E-state index < -0.39 is 5.91 Å². The van der Waals surface area contributed by atoms with E-state index in [0.717, 1.165) is 26.7 Å². The van der Waals surface area contributed by atoms with E-state index in [-0.39, 0.29) is 11.3 Å². The zero-order valence-corrected chi connectivity index (χ0v) is 17.9. The summed E-state index contributed by atoms with van der Waals surface area (Å²) >= 11 is 2.71. The summed E-state index contributed by atoms with van der Waals surface area (Å²) in [5.74, 6) is -0.660. The molecule has 0 radical (unpaired) electrons. The highest BCUT2D eigenvalue weighted by Gasteiger charge is 2.37. The quantitative estimate of drug-likeness (QED) is 0.491. The van der Waals surface area contributed by atoms with E-state index in [1.165, 1.54) is 22.7 Å². The zero-order chi connectivity index (χ0) is 20.8. The summed E-state index contributed by atoms with van der Waals surface area (Å²) in [7, 11) is 0. The van der Waals surface area contributed by atoms with Crippen LogP contribution >= 0.6 is 22.7 Å². The van der Waals surface area contributed by atoms with E-state index in [0.29, 0.717) is 23.0 Å². The number of thiophene rings is 1. The number of rotatable bonds is 3. The van der Waals surface area contributed by atoms with E-state index in [1.807, 2.05) is 25.1 Å². The van der Waals surface area contributed by atoms with Crippen LogP contribution in [0, 0.1) is 6.92 Å². The molecule has 4 rings (SSSR count). The molecular weight excluding hydrogens is 408 g/mol. The van der Waals surface area contributed by atoms with E-state index in [4.69, 9.17) is 5.21 Å². The Labute approximate surface area is 176 Å². The molecule has 0 fully saturated rings. The van der Waals surface area contributed by atoms with Gasteiger partial charge in [0.15, 0.2) is 5.01 Å². The van der Waals surface area contributed by atoms with Crippen molar-refractivity contribution in [2.45, 2.75) is 32.7 Å². The third-order valence-corrected chi connectivity index (χ3v) is 7.57. The number of amides is 2. The van der Waals surface area contributed by atoms with Gasteiger partial charge in [0.1, 0.15) is 0 Å². The minimum Gasteiger partial charge on any atom is -0.331 e. The average Bonchev–Trinajstić information content (AvgIpc) is 3.31. The molecule has 3 aromatic heterocycles. The lowest BCUT2D eigenvalue weighted by molar-refractivity contribution is 0.0688. The van der Waals surface area contributed by atoms with Crippen LogP contribution in [0.15, 0.2) is 30.5 Å². The highest BCUT2D eigenvalue weighted by molar-refractivity contribution is 7.17. The monoisotopic (exact) mass is 428 g/mol. The summed E-state index contributed by atoms with van der Waals surface area (Å²) in [6.45, 7) is 6.92. The molecule has 0 aromatic carbocycles. The van der Waals surface area contributed by atoms with Crippen LogP contribution in [0.5, 0.6) is 0 Å². The normalized spacial score (nSPS) is 15.1. The van der Waals surface area contributed by atoms with Crippen molar-refractivity contribution in [3.05, 3.63) is 56.5 Å². The number of fused-ring (bicyclic) bond motifs is 1. The number of aromatic nitrogens is 2. The summed E-state index contributed by atoms with van der Waals surface area (Å²) < 4.78 is 0. The average molecular weight is 429 g/mol. The van der Waals surface area contributed by atoms with Crippen molar-refractivity contribution in [2.24, 2.45) is 0 Å². The van der Waals surface area contributed by atoms with E-state index in [2.05, 4.69) is 23.8 Å². The number of carbonyl (C=O) groups excluding carboxylic acids is 2. The van der Waals surface area contributed by atoms with Gasteiger partial charge in [-0.1, -0.05) is 19.9 Å². The van der Waals surface area contributed by atoms with Gasteiger partial charge in [0.2, 0.25) is 0 Å². The van der Waals surface area contributed by atoms with Gasteiger partial charge >= 0.3 is 0 Å². The van der Waals surface area contributed by atoms with Gasteiger partial charge in [0, 0.05) is 29.6 Å². The van der Waals surface area contributed by atoms with Crippen LogP contribution in [-0.2, 0) is 12.0 Å². The summed E-state index contributed by atoms with van der Waals surface area (Å²) in [6, 6.07) is 7.42. The molecule has 7 nitrogen and oxygen atoms in total. The first kappa shape index (κ1) is 19.7. The predicted molar refractivity (Wildman–Crippen MR) is 111 cm³/mol. The SMILES string of the molecule is Cc1nc(C(=O)N2Cc3cc(C(=O)NO)sc3C(C)(C)C2)sc1-c1ccccn1. The fraction of sp³-hybridized carbons (Fsp3) is 0.300. The van der Waals surface area contributed by atoms with Crippen molar-refractivity contribution in [1.82, 2.24) is 20.3 Å². The molecule has 9 heteroatoms. The first-order valence-corrected chi connectivity index (χ1v) is 10.7. The van der Waals surface area contributed by atoms with Crippen molar-refractivity contribution in [3.63, 3.8) is 0 Å². The van der Waals surface area contributed by atoms with Gasteiger partial charge in [0.25, 0.3) is 11.8 Å². The molecule has 3 aromatic rings. The fourth-order valence-electron chi connectivity index (χ4n) is 3.60. The van der Waals surface area contributed by atoms with E-state index in [1.54, 1.807) is 22.6 Å². The molecule has 0 saturated heterocycles. The number of pyridine rings is 1. The largest absolute Gasteiger partial charge is 0.331 e. The molecule has 0 aliphatic carbocycles. The molecule has 4 heterocycles. The molecule has 29 heavy (non-hydrogen) atoms. The van der Waals surface area contributed by atoms with Crippen LogP contribution in [0.1, 0.15) is 49.5 Å². The van der Waals surface area contributed by atoms with Crippen LogP contribution in [0.2, 0.25) is 0 Å². The Morgan fingerprint density at radius 1 is 1.28 bits per heavy atom. The number of hydrogen-bond acceptors (Lipinski definition) is 7. The van der Waals surface area contributed by atoms with Gasteiger partial charge in [-0.3, -0.25) is 19.8 Å².